The quantitative estimate of drug-likeness (QED) is 0.789. The van der Waals surface area contributed by atoms with Gasteiger partial charge in [-0.15, -0.1) is 0 Å². The number of hydrogen-bond donors (Lipinski definition) is 1. The first-order valence-electron chi connectivity index (χ1n) is 7.06. The van der Waals surface area contributed by atoms with Gasteiger partial charge in [-0.25, -0.2) is 0 Å². The molecule has 2 heterocycles. The van der Waals surface area contributed by atoms with Crippen LogP contribution in [0.1, 0.15) is 46.0 Å². The van der Waals surface area contributed by atoms with Crippen LogP contribution in [0.25, 0.3) is 0 Å². The Morgan fingerprint density at radius 2 is 2.25 bits per heavy atom. The summed E-state index contributed by atoms with van der Waals surface area (Å²) in [6.45, 7) is 8.65. The normalized spacial score (nSPS) is 36.4. The third-order valence-corrected chi connectivity index (χ3v) is 4.87. The summed E-state index contributed by atoms with van der Waals surface area (Å²) in [5.74, 6) is 1.75. The molecule has 0 aromatic carbocycles. The molecule has 0 spiro atoms. The summed E-state index contributed by atoms with van der Waals surface area (Å²) in [6, 6.07) is 0. The van der Waals surface area contributed by atoms with E-state index in [4.69, 9.17) is 0 Å². The maximum Gasteiger partial charge on any atom is 0.0205 e. The van der Waals surface area contributed by atoms with E-state index in [2.05, 4.69) is 31.1 Å². The standard InChI is InChI=1S/C14H28N2/c1-12(2)14(7-4-9-15-14)8-5-13-6-10-16(3)11-13/h12-13,15H,4-11H2,1-3H3. The molecule has 16 heavy (non-hydrogen) atoms. The molecule has 94 valence electrons. The van der Waals surface area contributed by atoms with Crippen molar-refractivity contribution in [3.63, 3.8) is 0 Å². The van der Waals surface area contributed by atoms with Crippen molar-refractivity contribution in [3.05, 3.63) is 0 Å². The topological polar surface area (TPSA) is 15.3 Å². The highest BCUT2D eigenvalue weighted by Gasteiger charge is 2.36. The Kier molecular flexibility index (Phi) is 3.91. The van der Waals surface area contributed by atoms with Crippen molar-refractivity contribution in [2.45, 2.75) is 51.5 Å². The van der Waals surface area contributed by atoms with Crippen molar-refractivity contribution in [3.8, 4) is 0 Å². The first-order valence-corrected chi connectivity index (χ1v) is 7.06. The zero-order valence-electron chi connectivity index (χ0n) is 11.3. The SMILES string of the molecule is CC(C)C1(CCC2CCN(C)C2)CCCN1. The number of hydrogen-bond acceptors (Lipinski definition) is 2. The smallest absolute Gasteiger partial charge is 0.0205 e. The van der Waals surface area contributed by atoms with E-state index in [1.54, 1.807) is 0 Å². The van der Waals surface area contributed by atoms with Crippen LogP contribution in [0.4, 0.5) is 0 Å². The van der Waals surface area contributed by atoms with Gasteiger partial charge in [-0.05, 0) is 64.1 Å². The lowest BCUT2D eigenvalue weighted by Gasteiger charge is -2.35. The van der Waals surface area contributed by atoms with Crippen molar-refractivity contribution in [2.24, 2.45) is 11.8 Å². The van der Waals surface area contributed by atoms with Gasteiger partial charge in [0.05, 0.1) is 0 Å². The van der Waals surface area contributed by atoms with Crippen LogP contribution in [0.2, 0.25) is 0 Å². The lowest BCUT2D eigenvalue weighted by atomic mass is 9.79. The predicted octanol–water partition coefficient (Wildman–Crippen LogP) is 2.50. The van der Waals surface area contributed by atoms with Crippen LogP contribution >= 0.6 is 0 Å². The number of rotatable bonds is 4. The minimum Gasteiger partial charge on any atom is -0.311 e. The number of nitrogens with zero attached hydrogens (tertiary/aromatic N) is 1. The summed E-state index contributed by atoms with van der Waals surface area (Å²) >= 11 is 0. The van der Waals surface area contributed by atoms with Gasteiger partial charge in [-0.3, -0.25) is 0 Å². The molecule has 0 saturated carbocycles. The first kappa shape index (κ1) is 12.4. The average molecular weight is 224 g/mol. The Bertz CT molecular complexity index is 219. The summed E-state index contributed by atoms with van der Waals surface area (Å²) in [5, 5.41) is 3.79. The van der Waals surface area contributed by atoms with Gasteiger partial charge in [0.2, 0.25) is 0 Å². The molecule has 2 aliphatic rings. The van der Waals surface area contributed by atoms with Crippen LogP contribution in [0.15, 0.2) is 0 Å². The Balaban J connectivity index is 1.83. The average Bonchev–Trinajstić information content (AvgIpc) is 2.84. The number of nitrogens with one attached hydrogen (secondary N) is 1. The second kappa shape index (κ2) is 5.05. The minimum absolute atomic E-state index is 0.473. The van der Waals surface area contributed by atoms with Crippen molar-refractivity contribution >= 4 is 0 Å². The molecule has 2 rings (SSSR count). The maximum absolute atomic E-state index is 3.79. The molecular formula is C14H28N2. The fourth-order valence-corrected chi connectivity index (χ4v) is 3.55. The molecule has 2 atom stereocenters. The highest BCUT2D eigenvalue weighted by Crippen LogP contribution is 2.34. The van der Waals surface area contributed by atoms with E-state index in [9.17, 15) is 0 Å². The Hall–Kier alpha value is -0.0800. The molecule has 2 aliphatic heterocycles. The van der Waals surface area contributed by atoms with Crippen molar-refractivity contribution in [2.75, 3.05) is 26.7 Å². The van der Waals surface area contributed by atoms with Gasteiger partial charge in [0.25, 0.3) is 0 Å². The molecule has 0 aromatic rings. The summed E-state index contributed by atoms with van der Waals surface area (Å²) in [6.07, 6.45) is 7.01. The van der Waals surface area contributed by atoms with Gasteiger partial charge < -0.3 is 10.2 Å². The highest BCUT2D eigenvalue weighted by molar-refractivity contribution is 4.96. The van der Waals surface area contributed by atoms with Gasteiger partial charge in [0.1, 0.15) is 0 Å². The summed E-state index contributed by atoms with van der Waals surface area (Å²) in [5.41, 5.74) is 0.473. The molecule has 2 saturated heterocycles. The lowest BCUT2D eigenvalue weighted by Crippen LogP contribution is -2.45. The number of likely N-dealkylation sites (tertiary alicyclic amines) is 1. The third-order valence-electron chi connectivity index (χ3n) is 4.87. The largest absolute Gasteiger partial charge is 0.311 e. The molecule has 0 bridgehead atoms. The molecule has 0 aliphatic carbocycles. The first-order chi connectivity index (χ1) is 7.62. The zero-order valence-corrected chi connectivity index (χ0v) is 11.3. The maximum atomic E-state index is 3.79. The van der Waals surface area contributed by atoms with Gasteiger partial charge in [0, 0.05) is 12.1 Å². The zero-order chi connectivity index (χ0) is 11.6. The van der Waals surface area contributed by atoms with E-state index >= 15 is 0 Å². The second-order valence-electron chi connectivity index (χ2n) is 6.30. The Labute approximate surface area is 101 Å². The van der Waals surface area contributed by atoms with Crippen molar-refractivity contribution in [1.29, 1.82) is 0 Å². The van der Waals surface area contributed by atoms with Gasteiger partial charge in [0.15, 0.2) is 0 Å². The van der Waals surface area contributed by atoms with E-state index in [1.807, 2.05) is 0 Å². The van der Waals surface area contributed by atoms with Crippen LogP contribution in [-0.2, 0) is 0 Å². The molecule has 2 unspecified atom stereocenters. The molecule has 2 nitrogen and oxygen atoms in total. The van der Waals surface area contributed by atoms with E-state index in [0.29, 0.717) is 5.54 Å². The summed E-state index contributed by atoms with van der Waals surface area (Å²) in [4.78, 5) is 2.48. The van der Waals surface area contributed by atoms with Gasteiger partial charge in [-0.1, -0.05) is 13.8 Å². The molecular weight excluding hydrogens is 196 g/mol. The van der Waals surface area contributed by atoms with Crippen LogP contribution in [0, 0.1) is 11.8 Å². The summed E-state index contributed by atoms with van der Waals surface area (Å²) in [7, 11) is 2.26. The van der Waals surface area contributed by atoms with Crippen LogP contribution in [0.5, 0.6) is 0 Å². The predicted molar refractivity (Wildman–Crippen MR) is 69.6 cm³/mol. The van der Waals surface area contributed by atoms with Crippen LogP contribution in [0.3, 0.4) is 0 Å². The third kappa shape index (κ3) is 2.60. The minimum atomic E-state index is 0.473. The van der Waals surface area contributed by atoms with E-state index in [1.165, 1.54) is 51.7 Å². The van der Waals surface area contributed by atoms with E-state index < -0.39 is 0 Å². The summed E-state index contributed by atoms with van der Waals surface area (Å²) < 4.78 is 0. The van der Waals surface area contributed by atoms with Crippen molar-refractivity contribution in [1.82, 2.24) is 10.2 Å². The molecule has 0 aromatic heterocycles. The second-order valence-corrected chi connectivity index (χ2v) is 6.30. The fourth-order valence-electron chi connectivity index (χ4n) is 3.55. The monoisotopic (exact) mass is 224 g/mol. The van der Waals surface area contributed by atoms with Crippen LogP contribution in [-0.4, -0.2) is 37.1 Å². The molecule has 2 heteroatoms. The fraction of sp³-hybridized carbons (Fsp3) is 1.00. The van der Waals surface area contributed by atoms with Gasteiger partial charge in [-0.2, -0.15) is 0 Å². The van der Waals surface area contributed by atoms with Crippen LogP contribution < -0.4 is 5.32 Å². The van der Waals surface area contributed by atoms with Gasteiger partial charge >= 0.3 is 0 Å². The molecule has 0 amide bonds. The molecule has 2 fully saturated rings. The Morgan fingerprint density at radius 1 is 1.44 bits per heavy atom. The Morgan fingerprint density at radius 3 is 2.75 bits per heavy atom. The molecule has 1 N–H and O–H groups in total. The lowest BCUT2D eigenvalue weighted by molar-refractivity contribution is 0.230. The van der Waals surface area contributed by atoms with E-state index in [-0.39, 0.29) is 0 Å². The van der Waals surface area contributed by atoms with E-state index in [0.717, 1.165) is 11.8 Å². The van der Waals surface area contributed by atoms with Crippen molar-refractivity contribution < 1.29 is 0 Å². The highest BCUT2D eigenvalue weighted by atomic mass is 15.1. The molecule has 0 radical (unpaired) electrons.